The number of nitrogens with zero attached hydrogens (tertiary/aromatic N) is 1. The smallest absolute Gasteiger partial charge is 0.236 e. The van der Waals surface area contributed by atoms with Gasteiger partial charge in [0.1, 0.15) is 0 Å². The Morgan fingerprint density at radius 3 is 2.67 bits per heavy atom. The second-order valence-electron chi connectivity index (χ2n) is 5.06. The van der Waals surface area contributed by atoms with Gasteiger partial charge in [-0.25, -0.2) is 0 Å². The molecular formula is C14H19BrN2O. The summed E-state index contributed by atoms with van der Waals surface area (Å²) in [5, 5.41) is 3.31. The lowest BCUT2D eigenvalue weighted by molar-refractivity contribution is -0.128. The van der Waals surface area contributed by atoms with Gasteiger partial charge in [0.2, 0.25) is 5.91 Å². The first-order valence-electron chi connectivity index (χ1n) is 6.26. The monoisotopic (exact) mass is 310 g/mol. The summed E-state index contributed by atoms with van der Waals surface area (Å²) in [5.74, 6) is 0.756. The van der Waals surface area contributed by atoms with Crippen molar-refractivity contribution in [3.8, 4) is 0 Å². The van der Waals surface area contributed by atoms with Gasteiger partial charge in [0.05, 0.1) is 6.54 Å². The van der Waals surface area contributed by atoms with Crippen LogP contribution >= 0.6 is 15.9 Å². The zero-order valence-electron chi connectivity index (χ0n) is 10.8. The third-order valence-electron chi connectivity index (χ3n) is 3.52. The highest BCUT2D eigenvalue weighted by Crippen LogP contribution is 2.39. The number of carbonyl (C=O) groups is 1. The molecule has 0 saturated heterocycles. The van der Waals surface area contributed by atoms with Crippen LogP contribution in [0.25, 0.3) is 0 Å². The molecule has 1 aliphatic carbocycles. The number of amides is 1. The fraction of sp³-hybridized carbons (Fsp3) is 0.500. The molecule has 0 bridgehead atoms. The van der Waals surface area contributed by atoms with Crippen molar-refractivity contribution >= 4 is 21.8 Å². The number of halogens is 1. The number of nitrogens with one attached hydrogen (secondary N) is 1. The molecule has 1 saturated carbocycles. The molecule has 0 atom stereocenters. The SMILES string of the molecule is CN(C)C(=O)CNC1CC(c2ccccc2Br)C1. The van der Waals surface area contributed by atoms with E-state index in [-0.39, 0.29) is 5.91 Å². The maximum atomic E-state index is 11.4. The van der Waals surface area contributed by atoms with Gasteiger partial charge in [-0.3, -0.25) is 4.79 Å². The Morgan fingerprint density at radius 2 is 2.06 bits per heavy atom. The zero-order chi connectivity index (χ0) is 13.1. The third kappa shape index (κ3) is 3.12. The van der Waals surface area contributed by atoms with E-state index in [1.165, 1.54) is 10.0 Å². The van der Waals surface area contributed by atoms with Crippen molar-refractivity contribution in [2.75, 3.05) is 20.6 Å². The van der Waals surface area contributed by atoms with Crippen molar-refractivity contribution in [3.63, 3.8) is 0 Å². The molecule has 18 heavy (non-hydrogen) atoms. The van der Waals surface area contributed by atoms with Crippen molar-refractivity contribution in [2.45, 2.75) is 24.8 Å². The van der Waals surface area contributed by atoms with Gasteiger partial charge >= 0.3 is 0 Å². The van der Waals surface area contributed by atoms with Crippen LogP contribution < -0.4 is 5.32 Å². The summed E-state index contributed by atoms with van der Waals surface area (Å²) in [6, 6.07) is 8.86. The molecule has 0 aliphatic heterocycles. The summed E-state index contributed by atoms with van der Waals surface area (Å²) in [7, 11) is 3.57. The predicted molar refractivity (Wildman–Crippen MR) is 76.6 cm³/mol. The van der Waals surface area contributed by atoms with E-state index in [0.29, 0.717) is 18.5 Å². The van der Waals surface area contributed by atoms with Gasteiger partial charge in [0, 0.05) is 24.6 Å². The molecule has 1 aliphatic rings. The Labute approximate surface area is 117 Å². The summed E-state index contributed by atoms with van der Waals surface area (Å²) in [6.45, 7) is 0.445. The molecule has 4 heteroatoms. The van der Waals surface area contributed by atoms with E-state index in [9.17, 15) is 4.79 Å². The third-order valence-corrected chi connectivity index (χ3v) is 4.25. The molecule has 2 rings (SSSR count). The Morgan fingerprint density at radius 1 is 1.39 bits per heavy atom. The minimum atomic E-state index is 0.138. The number of hydrogen-bond donors (Lipinski definition) is 1. The normalized spacial score (nSPS) is 22.4. The van der Waals surface area contributed by atoms with Gasteiger partial charge in [-0.2, -0.15) is 0 Å². The summed E-state index contributed by atoms with van der Waals surface area (Å²) < 4.78 is 1.19. The minimum Gasteiger partial charge on any atom is -0.348 e. The van der Waals surface area contributed by atoms with Crippen LogP contribution in [0.5, 0.6) is 0 Å². The molecule has 98 valence electrons. The summed E-state index contributed by atoms with van der Waals surface area (Å²) in [6.07, 6.45) is 2.23. The van der Waals surface area contributed by atoms with Gasteiger partial charge in [0.25, 0.3) is 0 Å². The number of benzene rings is 1. The number of hydrogen-bond acceptors (Lipinski definition) is 2. The summed E-state index contributed by atoms with van der Waals surface area (Å²) in [5.41, 5.74) is 1.38. The van der Waals surface area contributed by atoms with Gasteiger partial charge in [-0.05, 0) is 30.4 Å². The largest absolute Gasteiger partial charge is 0.348 e. The Hall–Kier alpha value is -0.870. The minimum absolute atomic E-state index is 0.138. The molecule has 0 spiro atoms. The maximum Gasteiger partial charge on any atom is 0.236 e. The molecule has 1 N–H and O–H groups in total. The lowest BCUT2D eigenvalue weighted by Gasteiger charge is -2.37. The second kappa shape index (κ2) is 5.85. The molecule has 1 fully saturated rings. The summed E-state index contributed by atoms with van der Waals surface area (Å²) in [4.78, 5) is 13.1. The fourth-order valence-corrected chi connectivity index (χ4v) is 2.84. The molecule has 3 nitrogen and oxygen atoms in total. The molecule has 1 aromatic rings. The fourth-order valence-electron chi connectivity index (χ4n) is 2.23. The number of likely N-dealkylation sites (N-methyl/N-ethyl adjacent to an activating group) is 1. The van der Waals surface area contributed by atoms with Gasteiger partial charge in [-0.15, -0.1) is 0 Å². The van der Waals surface area contributed by atoms with Crippen LogP contribution in [0.4, 0.5) is 0 Å². The highest BCUT2D eigenvalue weighted by molar-refractivity contribution is 9.10. The Bertz CT molecular complexity index is 428. The molecule has 0 radical (unpaired) electrons. The van der Waals surface area contributed by atoms with E-state index in [1.54, 1.807) is 19.0 Å². The van der Waals surface area contributed by atoms with Crippen molar-refractivity contribution in [1.29, 1.82) is 0 Å². The highest BCUT2D eigenvalue weighted by atomic mass is 79.9. The first kappa shape index (κ1) is 13.6. The van der Waals surface area contributed by atoms with Crippen molar-refractivity contribution in [3.05, 3.63) is 34.3 Å². The topological polar surface area (TPSA) is 32.3 Å². The average Bonchev–Trinajstić information content (AvgIpc) is 2.28. The summed E-state index contributed by atoms with van der Waals surface area (Å²) >= 11 is 3.59. The molecule has 0 heterocycles. The van der Waals surface area contributed by atoms with E-state index in [0.717, 1.165) is 12.8 Å². The van der Waals surface area contributed by atoms with E-state index in [4.69, 9.17) is 0 Å². The van der Waals surface area contributed by atoms with Gasteiger partial charge < -0.3 is 10.2 Å². The van der Waals surface area contributed by atoms with E-state index in [1.807, 2.05) is 6.07 Å². The van der Waals surface area contributed by atoms with Crippen molar-refractivity contribution in [1.82, 2.24) is 10.2 Å². The quantitative estimate of drug-likeness (QED) is 0.926. The molecule has 0 unspecified atom stereocenters. The van der Waals surface area contributed by atoms with Crippen molar-refractivity contribution in [2.24, 2.45) is 0 Å². The van der Waals surface area contributed by atoms with Crippen LogP contribution in [0.3, 0.4) is 0 Å². The van der Waals surface area contributed by atoms with Crippen LogP contribution in [0.2, 0.25) is 0 Å². The molecule has 0 aromatic heterocycles. The maximum absolute atomic E-state index is 11.4. The molecule has 1 aromatic carbocycles. The van der Waals surface area contributed by atoms with Gasteiger partial charge in [0.15, 0.2) is 0 Å². The predicted octanol–water partition coefficient (Wildman–Crippen LogP) is 2.37. The van der Waals surface area contributed by atoms with Gasteiger partial charge in [-0.1, -0.05) is 34.1 Å². The molecule has 1 amide bonds. The highest BCUT2D eigenvalue weighted by Gasteiger charge is 2.31. The lowest BCUT2D eigenvalue weighted by atomic mass is 9.76. The lowest BCUT2D eigenvalue weighted by Crippen LogP contribution is -2.44. The average molecular weight is 311 g/mol. The van der Waals surface area contributed by atoms with E-state index in [2.05, 4.69) is 39.4 Å². The van der Waals surface area contributed by atoms with E-state index >= 15 is 0 Å². The van der Waals surface area contributed by atoms with Crippen molar-refractivity contribution < 1.29 is 4.79 Å². The Kier molecular flexibility index (Phi) is 4.40. The zero-order valence-corrected chi connectivity index (χ0v) is 12.4. The molecular weight excluding hydrogens is 292 g/mol. The van der Waals surface area contributed by atoms with Crippen LogP contribution in [-0.2, 0) is 4.79 Å². The first-order chi connectivity index (χ1) is 8.58. The first-order valence-corrected chi connectivity index (χ1v) is 7.05. The number of carbonyl (C=O) groups excluding carboxylic acids is 1. The standard InChI is InChI=1S/C14H19BrN2O/c1-17(2)14(18)9-16-11-7-10(8-11)12-5-3-4-6-13(12)15/h3-6,10-11,16H,7-9H2,1-2H3. The second-order valence-corrected chi connectivity index (χ2v) is 5.91. The van der Waals surface area contributed by atoms with Crippen LogP contribution in [0, 0.1) is 0 Å². The number of rotatable bonds is 4. The Balaban J connectivity index is 1.78. The van der Waals surface area contributed by atoms with Crippen LogP contribution in [0.15, 0.2) is 28.7 Å². The van der Waals surface area contributed by atoms with E-state index < -0.39 is 0 Å². The van der Waals surface area contributed by atoms with Crippen LogP contribution in [0.1, 0.15) is 24.3 Å². The van der Waals surface area contributed by atoms with Crippen LogP contribution in [-0.4, -0.2) is 37.5 Å².